The van der Waals surface area contributed by atoms with Gasteiger partial charge in [-0.05, 0) is 40.8 Å². The molecule has 1 aliphatic heterocycles. The first-order valence-electron chi connectivity index (χ1n) is 7.52. The van der Waals surface area contributed by atoms with Crippen molar-refractivity contribution in [3.8, 4) is 0 Å². The Balaban J connectivity index is 2.37. The van der Waals surface area contributed by atoms with Crippen molar-refractivity contribution in [1.82, 2.24) is 4.90 Å². The molecule has 24 heavy (non-hydrogen) atoms. The average molecular weight is 452 g/mol. The van der Waals surface area contributed by atoms with Gasteiger partial charge in [-0.25, -0.2) is 0 Å². The highest BCUT2D eigenvalue weighted by molar-refractivity contribution is 9.12. The second-order valence-corrected chi connectivity index (χ2v) is 8.28. The van der Waals surface area contributed by atoms with Gasteiger partial charge in [0.2, 0.25) is 0 Å². The predicted molar refractivity (Wildman–Crippen MR) is 105 cm³/mol. The number of likely N-dealkylation sites (tertiary alicyclic amines) is 1. The van der Waals surface area contributed by atoms with Crippen LogP contribution in [0.25, 0.3) is 0 Å². The summed E-state index contributed by atoms with van der Waals surface area (Å²) in [5.41, 5.74) is 0.964. The fourth-order valence-electron chi connectivity index (χ4n) is 2.47. The van der Waals surface area contributed by atoms with Crippen molar-refractivity contribution >= 4 is 50.9 Å². The average Bonchev–Trinajstić information content (AvgIpc) is 2.59. The molecule has 1 fully saturated rings. The van der Waals surface area contributed by atoms with E-state index in [4.69, 9.17) is 23.2 Å². The number of benzene rings is 1. The van der Waals surface area contributed by atoms with Crippen molar-refractivity contribution in [1.29, 1.82) is 0 Å². The molecular weight excluding hydrogens is 435 g/mol. The molecule has 1 heterocycles. The van der Waals surface area contributed by atoms with Crippen LogP contribution in [0.3, 0.4) is 0 Å². The van der Waals surface area contributed by atoms with E-state index < -0.39 is 4.92 Å². The van der Waals surface area contributed by atoms with Crippen LogP contribution < -0.4 is 0 Å². The second kappa shape index (κ2) is 9.70. The fraction of sp³-hybridized carbons (Fsp3) is 0.375. The van der Waals surface area contributed by atoms with Gasteiger partial charge in [0.15, 0.2) is 5.03 Å². The molecule has 130 valence electrons. The van der Waals surface area contributed by atoms with E-state index in [2.05, 4.69) is 15.9 Å². The van der Waals surface area contributed by atoms with Crippen molar-refractivity contribution < 1.29 is 4.92 Å². The van der Waals surface area contributed by atoms with E-state index in [1.165, 1.54) is 11.8 Å². The van der Waals surface area contributed by atoms with Gasteiger partial charge < -0.3 is 4.90 Å². The Morgan fingerprint density at radius 2 is 1.83 bits per heavy atom. The minimum Gasteiger partial charge on any atom is -0.361 e. The maximum absolute atomic E-state index is 11.7. The topological polar surface area (TPSA) is 46.4 Å². The van der Waals surface area contributed by atoms with Crippen molar-refractivity contribution in [2.45, 2.75) is 25.0 Å². The molecule has 0 spiro atoms. The molecule has 0 unspecified atom stereocenters. The zero-order chi connectivity index (χ0) is 17.5. The third-order valence-corrected chi connectivity index (χ3v) is 6.10. The summed E-state index contributed by atoms with van der Waals surface area (Å²) in [7, 11) is 0. The summed E-state index contributed by atoms with van der Waals surface area (Å²) in [5, 5.41) is 12.2. The summed E-state index contributed by atoms with van der Waals surface area (Å²) in [6.45, 7) is 1.58. The lowest BCUT2D eigenvalue weighted by molar-refractivity contribution is -0.421. The lowest BCUT2D eigenvalue weighted by Gasteiger charge is -2.30. The summed E-state index contributed by atoms with van der Waals surface area (Å²) >= 11 is 16.5. The Hall–Kier alpha value is -0.690. The Labute approximate surface area is 164 Å². The highest BCUT2D eigenvalue weighted by Crippen LogP contribution is 2.36. The first-order chi connectivity index (χ1) is 11.5. The van der Waals surface area contributed by atoms with Gasteiger partial charge in [-0.1, -0.05) is 65.3 Å². The zero-order valence-electron chi connectivity index (χ0n) is 12.9. The lowest BCUT2D eigenvalue weighted by atomic mass is 10.1. The molecule has 0 amide bonds. The number of halogens is 3. The van der Waals surface area contributed by atoms with Gasteiger partial charge in [-0.3, -0.25) is 10.1 Å². The number of nitro groups is 1. The molecule has 0 bridgehead atoms. The van der Waals surface area contributed by atoms with Crippen LogP contribution in [0.15, 0.2) is 50.0 Å². The van der Waals surface area contributed by atoms with Crippen LogP contribution in [-0.4, -0.2) is 22.9 Å². The Kier molecular flexibility index (Phi) is 7.94. The van der Waals surface area contributed by atoms with Crippen LogP contribution in [-0.2, 0) is 5.75 Å². The highest BCUT2D eigenvalue weighted by atomic mass is 79.9. The standard InChI is InChI=1S/C16H17BrCl2N2O2S/c17-15(19)13(18)14(21(22)23)16(20-9-5-2-6-10-20)24-11-12-7-3-1-4-8-12/h1,3-4,7-8H,2,5-6,9-11H2/b15-13-,16-14-. The molecule has 0 atom stereocenters. The van der Waals surface area contributed by atoms with Crippen LogP contribution >= 0.6 is 50.9 Å². The lowest BCUT2D eigenvalue weighted by Crippen LogP contribution is -2.30. The number of hydrogen-bond acceptors (Lipinski definition) is 4. The third kappa shape index (κ3) is 5.41. The van der Waals surface area contributed by atoms with E-state index in [0.717, 1.165) is 37.9 Å². The summed E-state index contributed by atoms with van der Waals surface area (Å²) in [6.07, 6.45) is 3.18. The Morgan fingerprint density at radius 3 is 2.38 bits per heavy atom. The highest BCUT2D eigenvalue weighted by Gasteiger charge is 2.29. The van der Waals surface area contributed by atoms with E-state index >= 15 is 0 Å². The molecule has 1 aliphatic rings. The monoisotopic (exact) mass is 450 g/mol. The number of hydrogen-bond donors (Lipinski definition) is 0. The number of rotatable bonds is 6. The largest absolute Gasteiger partial charge is 0.361 e. The van der Waals surface area contributed by atoms with Crippen LogP contribution in [0.1, 0.15) is 24.8 Å². The number of thioether (sulfide) groups is 1. The Morgan fingerprint density at radius 1 is 1.21 bits per heavy atom. The van der Waals surface area contributed by atoms with Crippen LogP contribution in [0.4, 0.5) is 0 Å². The van der Waals surface area contributed by atoms with Gasteiger partial charge in [0.1, 0.15) is 8.97 Å². The van der Waals surface area contributed by atoms with E-state index in [-0.39, 0.29) is 14.7 Å². The minimum absolute atomic E-state index is 0.0469. The maximum Gasteiger partial charge on any atom is 0.319 e. The van der Waals surface area contributed by atoms with Gasteiger partial charge in [-0.15, -0.1) is 0 Å². The van der Waals surface area contributed by atoms with Gasteiger partial charge >= 0.3 is 5.70 Å². The number of allylic oxidation sites excluding steroid dienone is 1. The molecule has 0 radical (unpaired) electrons. The molecule has 4 nitrogen and oxygen atoms in total. The molecule has 8 heteroatoms. The normalized spacial score (nSPS) is 17.2. The molecule has 1 aromatic carbocycles. The van der Waals surface area contributed by atoms with E-state index in [9.17, 15) is 10.1 Å². The summed E-state index contributed by atoms with van der Waals surface area (Å²) < 4.78 is 0.0469. The second-order valence-electron chi connectivity index (χ2n) is 5.31. The van der Waals surface area contributed by atoms with Gasteiger partial charge in [0.05, 0.1) is 4.92 Å². The smallest absolute Gasteiger partial charge is 0.319 e. The number of nitrogens with zero attached hydrogens (tertiary/aromatic N) is 2. The fourth-order valence-corrected chi connectivity index (χ4v) is 4.14. The molecule has 0 saturated carbocycles. The maximum atomic E-state index is 11.7. The molecule has 1 aromatic rings. The quantitative estimate of drug-likeness (QED) is 0.307. The zero-order valence-corrected chi connectivity index (χ0v) is 16.8. The Bertz CT molecular complexity index is 643. The summed E-state index contributed by atoms with van der Waals surface area (Å²) in [5.74, 6) is 0.633. The van der Waals surface area contributed by atoms with Crippen LogP contribution in [0.2, 0.25) is 0 Å². The van der Waals surface area contributed by atoms with Crippen molar-refractivity contribution in [2.24, 2.45) is 0 Å². The molecule has 0 aromatic heterocycles. The molecule has 0 N–H and O–H groups in total. The van der Waals surface area contributed by atoms with Crippen molar-refractivity contribution in [2.75, 3.05) is 13.1 Å². The van der Waals surface area contributed by atoms with Crippen LogP contribution in [0, 0.1) is 10.1 Å². The van der Waals surface area contributed by atoms with Crippen molar-refractivity contribution in [3.05, 3.63) is 65.7 Å². The van der Waals surface area contributed by atoms with Gasteiger partial charge in [0, 0.05) is 18.8 Å². The molecule has 1 saturated heterocycles. The minimum atomic E-state index is -0.450. The summed E-state index contributed by atoms with van der Waals surface area (Å²) in [4.78, 5) is 13.2. The SMILES string of the molecule is O=[N+]([O-])C(=C(\SCc1ccccc1)N1CCCCC1)/C(Cl)=C(/Cl)Br. The van der Waals surface area contributed by atoms with E-state index in [0.29, 0.717) is 10.8 Å². The van der Waals surface area contributed by atoms with Gasteiger partial charge in [0.25, 0.3) is 0 Å². The van der Waals surface area contributed by atoms with Crippen LogP contribution in [0.5, 0.6) is 0 Å². The van der Waals surface area contributed by atoms with Gasteiger partial charge in [-0.2, -0.15) is 0 Å². The number of piperidine rings is 1. The first kappa shape index (κ1) is 19.6. The third-order valence-electron chi connectivity index (χ3n) is 3.62. The van der Waals surface area contributed by atoms with Crippen molar-refractivity contribution in [3.63, 3.8) is 0 Å². The van der Waals surface area contributed by atoms with E-state index in [1.807, 2.05) is 35.2 Å². The summed E-state index contributed by atoms with van der Waals surface area (Å²) in [6, 6.07) is 9.86. The molecule has 2 rings (SSSR count). The predicted octanol–water partition coefficient (Wildman–Crippen LogP) is 5.89. The van der Waals surface area contributed by atoms with E-state index in [1.54, 1.807) is 0 Å². The first-order valence-corrected chi connectivity index (χ1v) is 10.1. The molecular formula is C16H17BrCl2N2O2S. The molecule has 0 aliphatic carbocycles.